The Morgan fingerprint density at radius 1 is 0.437 bits per heavy atom. The van der Waals surface area contributed by atoms with Gasteiger partial charge in [0.2, 0.25) is 0 Å². The number of hydrogen-bond acceptors (Lipinski definition) is 25. The Kier molecular flexibility index (Phi) is 54.9. The van der Waals surface area contributed by atoms with E-state index in [0.29, 0.717) is 10.8 Å². The Bertz CT molecular complexity index is 2740. The van der Waals surface area contributed by atoms with Crippen LogP contribution in [0.4, 0.5) is 0 Å². The van der Waals surface area contributed by atoms with E-state index in [2.05, 4.69) is 0 Å². The van der Waals surface area contributed by atoms with Gasteiger partial charge in [-0.2, -0.15) is 0 Å². The van der Waals surface area contributed by atoms with Gasteiger partial charge in [-0.25, -0.2) is 50.5 Å². The predicted molar refractivity (Wildman–Crippen MR) is 219 cm³/mol. The smallest absolute Gasteiger partial charge is 0.748 e. The van der Waals surface area contributed by atoms with Crippen molar-refractivity contribution in [3.05, 3.63) is 135 Å². The number of rotatable bonds is 12. The molecule has 6 N–H and O–H groups in total. The zero-order valence-corrected chi connectivity index (χ0v) is 56.8. The molecule has 0 bridgehead atoms. The van der Waals surface area contributed by atoms with Crippen LogP contribution in [0.2, 0.25) is 10.0 Å². The third kappa shape index (κ3) is 45.0. The van der Waals surface area contributed by atoms with Gasteiger partial charge in [-0.1, -0.05) is 89.9 Å². The first-order valence-electron chi connectivity index (χ1n) is 16.2. The number of benzene rings is 4. The minimum Gasteiger partial charge on any atom is -0.748 e. The van der Waals surface area contributed by atoms with E-state index >= 15 is 0 Å². The summed E-state index contributed by atoms with van der Waals surface area (Å²) in [6.07, 6.45) is 0. The predicted octanol–water partition coefficient (Wildman–Crippen LogP) is -18.8. The second-order valence-electron chi connectivity index (χ2n) is 11.3. The van der Waals surface area contributed by atoms with Gasteiger partial charge in [0.15, 0.2) is 21.7 Å². The Morgan fingerprint density at radius 2 is 0.732 bits per heavy atom. The zero-order chi connectivity index (χ0) is 51.2. The van der Waals surface area contributed by atoms with Crippen LogP contribution in [0.15, 0.2) is 103 Å². The number of halogens is 2. The summed E-state index contributed by atoms with van der Waals surface area (Å²) in [6.45, 7) is -0.591. The van der Waals surface area contributed by atoms with E-state index in [1.54, 1.807) is 18.2 Å². The molecule has 0 spiro atoms. The van der Waals surface area contributed by atoms with Crippen LogP contribution in [0.5, 0.6) is 5.75 Å². The normalized spacial score (nSPS) is 12.4. The Hall–Kier alpha value is 2.48. The molecule has 0 aliphatic rings. The quantitative estimate of drug-likeness (QED) is 0.0566. The molecule has 4 rings (SSSR count). The Morgan fingerprint density at radius 3 is 0.986 bits per heavy atom. The van der Waals surface area contributed by atoms with E-state index in [4.69, 9.17) is 58.6 Å². The number of hydrogen-bond donors (Lipinski definition) is 6. The van der Waals surface area contributed by atoms with Crippen molar-refractivity contribution in [1.82, 2.24) is 0 Å². The summed E-state index contributed by atoms with van der Waals surface area (Å²) in [6, 6.07) is 23.9. The summed E-state index contributed by atoms with van der Waals surface area (Å²) < 4.78 is 186. The largest absolute Gasteiger partial charge is 1.00 e. The van der Waals surface area contributed by atoms with Crippen LogP contribution < -0.4 is 182 Å². The van der Waals surface area contributed by atoms with Crippen molar-refractivity contribution < 1.29 is 291 Å². The molecule has 0 heterocycles. The van der Waals surface area contributed by atoms with Crippen LogP contribution in [-0.2, 0) is 60.7 Å². The van der Waals surface area contributed by atoms with Crippen LogP contribution in [0.1, 0.15) is 44.0 Å². The fraction of sp³-hybridized carbons (Fsp3) is 0.250. The van der Waals surface area contributed by atoms with E-state index in [0.717, 1.165) is 0 Å². The van der Waals surface area contributed by atoms with Gasteiger partial charge in [-0.05, 0) is 58.7 Å². The van der Waals surface area contributed by atoms with E-state index in [1.807, 2.05) is 0 Å². The fourth-order valence-corrected chi connectivity index (χ4v) is 5.95. The van der Waals surface area contributed by atoms with Crippen molar-refractivity contribution in [2.75, 3.05) is 25.4 Å². The van der Waals surface area contributed by atoms with Crippen molar-refractivity contribution in [3.8, 4) is 5.75 Å². The van der Waals surface area contributed by atoms with Gasteiger partial charge < -0.3 is 62.7 Å². The average molecular weight is 1220 g/mol. The molecule has 370 valence electrons. The minimum absolute atomic E-state index is 0. The second kappa shape index (κ2) is 43.3. The number of ether oxygens (including phenoxy) is 1. The van der Waals surface area contributed by atoms with E-state index in [9.17, 15) is 77.8 Å². The molecule has 0 radical (unpaired) electrons. The molecule has 4 aromatic rings. The number of methoxy groups -OCH3 is 1. The van der Waals surface area contributed by atoms with Crippen LogP contribution >= 0.6 is 23.2 Å². The van der Waals surface area contributed by atoms with E-state index in [-0.39, 0.29) is 205 Å². The minimum atomic E-state index is -4.73. The van der Waals surface area contributed by atoms with Crippen molar-refractivity contribution in [2.24, 2.45) is 0 Å². The van der Waals surface area contributed by atoms with Crippen molar-refractivity contribution >= 4 is 83.9 Å². The molecule has 25 nitrogen and oxygen atoms in total. The van der Waals surface area contributed by atoms with Gasteiger partial charge in [-0.15, -0.1) is 0 Å². The summed E-state index contributed by atoms with van der Waals surface area (Å²) in [7, 11) is -25.9. The third-order valence-electron chi connectivity index (χ3n) is 6.37. The monoisotopic (exact) mass is 1220 g/mol. The first-order chi connectivity index (χ1) is 29.4. The van der Waals surface area contributed by atoms with E-state index < -0.39 is 101 Å². The summed E-state index contributed by atoms with van der Waals surface area (Å²) >= 11 is 11.1. The van der Waals surface area contributed by atoms with E-state index in [1.165, 1.54) is 92.0 Å². The van der Waals surface area contributed by atoms with Crippen molar-refractivity contribution in [3.63, 3.8) is 0 Å². The molecule has 0 fully saturated rings. The average Bonchev–Trinajstić information content (AvgIpc) is 3.19. The molecule has 39 heteroatoms. The van der Waals surface area contributed by atoms with Gasteiger partial charge >= 0.3 is 177 Å². The Balaban J connectivity index is -0.000000112. The number of aliphatic hydroxyl groups excluding tert-OH is 6. The molecule has 0 aliphatic heterocycles. The molecular weight excluding hydrogens is 1190 g/mol. The molecule has 0 saturated heterocycles. The molecular formula is C32H36Cl2Na6O25S6. The standard InChI is InChI=1S/C8H10O5S.2C7H7ClO4S.C7H8O4S.C2H6O4S.CH4O4S.6Na/c1-13-7-4-2-6(3-5-7)8(9)14(10,11)12;8-6-3-1-5(2-4-6)7(9)13(10,11)12;8-6-3-1-2-5(4-6)7(9)13(10,11)12;8-7(12(9,10)11)6-4-2-1-3-5-6;3-1-2-7(4,5)6;2-1-6(3,4)5;;;;;;/h2-5,8-9H,1H3,(H,10,11,12);2*1-4,7,9H,(H,10,11,12);1-5,7-8H,(H,9,10,11);3H,1-2H2,(H,4,5,6);2H,1H2,(H,3,4,5);;;;;;/q;;;;;;6*+1/p-6. The maximum atomic E-state index is 10.4. The molecule has 0 aliphatic carbocycles. The first-order valence-corrected chi connectivity index (χ1v) is 26.0. The first kappa shape index (κ1) is 90.0. The van der Waals surface area contributed by atoms with Crippen LogP contribution in [0.3, 0.4) is 0 Å². The van der Waals surface area contributed by atoms with Crippen molar-refractivity contribution in [2.45, 2.75) is 21.7 Å². The maximum absolute atomic E-state index is 10.4. The second-order valence-corrected chi connectivity index (χ2v) is 20.8. The molecule has 4 atom stereocenters. The van der Waals surface area contributed by atoms with Crippen LogP contribution in [0, 0.1) is 0 Å². The van der Waals surface area contributed by atoms with Gasteiger partial charge in [0.25, 0.3) is 0 Å². The van der Waals surface area contributed by atoms with Gasteiger partial charge in [-0.3, -0.25) is 0 Å². The number of aliphatic hydroxyl groups is 6. The van der Waals surface area contributed by atoms with Gasteiger partial charge in [0.05, 0.1) is 29.6 Å². The Labute approximate surface area is 553 Å². The SMILES string of the molecule is COc1ccc(C(O)S(=O)(=O)[O-])cc1.O=S(=O)([O-])C(O)c1ccc(Cl)cc1.O=S(=O)([O-])C(O)c1cccc(Cl)c1.O=S(=O)([O-])C(O)c1ccccc1.O=S(=O)([O-])CCO.O=S(=O)([O-])CO.[Na+].[Na+].[Na+].[Na+].[Na+].[Na+]. The van der Waals surface area contributed by atoms with Crippen LogP contribution in [0.25, 0.3) is 0 Å². The molecule has 0 saturated carbocycles. The molecule has 0 aromatic heterocycles. The summed E-state index contributed by atoms with van der Waals surface area (Å²) in [5, 5.41) is 52.1. The topological polar surface area (TPSA) is 474 Å². The summed E-state index contributed by atoms with van der Waals surface area (Å²) in [5.41, 5.74) is -7.95. The fourth-order valence-electron chi connectivity index (χ4n) is 3.45. The van der Waals surface area contributed by atoms with Gasteiger partial charge in [0, 0.05) is 10.0 Å². The molecule has 0 amide bonds. The van der Waals surface area contributed by atoms with Crippen molar-refractivity contribution in [1.29, 1.82) is 0 Å². The summed E-state index contributed by atoms with van der Waals surface area (Å²) in [5.74, 6) is -1.48. The molecule has 4 aromatic carbocycles. The zero-order valence-electron chi connectivity index (χ0n) is 38.4. The maximum Gasteiger partial charge on any atom is 1.00 e. The summed E-state index contributed by atoms with van der Waals surface area (Å²) in [4.78, 5) is 0. The third-order valence-corrected chi connectivity index (χ3v) is 11.1. The molecule has 4 unspecified atom stereocenters. The van der Waals surface area contributed by atoms with Crippen LogP contribution in [-0.4, -0.2) is 134 Å². The van der Waals surface area contributed by atoms with Gasteiger partial charge in [0.1, 0.15) is 62.3 Å². The molecule has 71 heavy (non-hydrogen) atoms.